The third kappa shape index (κ3) is 2.54. The topological polar surface area (TPSA) is 89.3 Å². The molecule has 0 aliphatic carbocycles. The number of anilines is 1. The fourth-order valence-electron chi connectivity index (χ4n) is 1.87. The van der Waals surface area contributed by atoms with Gasteiger partial charge in [0.05, 0.1) is 17.7 Å². The van der Waals surface area contributed by atoms with E-state index in [0.717, 1.165) is 6.42 Å². The van der Waals surface area contributed by atoms with Gasteiger partial charge in [0.2, 0.25) is 0 Å². The zero-order valence-corrected chi connectivity index (χ0v) is 9.64. The van der Waals surface area contributed by atoms with Gasteiger partial charge in [-0.05, 0) is 25.5 Å². The van der Waals surface area contributed by atoms with Gasteiger partial charge in [-0.25, -0.2) is 10.8 Å². The van der Waals surface area contributed by atoms with E-state index in [0.29, 0.717) is 18.0 Å². The van der Waals surface area contributed by atoms with Crippen molar-refractivity contribution in [2.45, 2.75) is 25.5 Å². The summed E-state index contributed by atoms with van der Waals surface area (Å²) >= 11 is 0. The SMILES string of the molecule is CC1OCCC1NC(=O)c1cccnc1NN. The summed E-state index contributed by atoms with van der Waals surface area (Å²) in [5, 5.41) is 2.92. The lowest BCUT2D eigenvalue weighted by atomic mass is 10.1. The molecule has 4 N–H and O–H groups in total. The molecule has 1 aromatic rings. The maximum absolute atomic E-state index is 12.0. The van der Waals surface area contributed by atoms with Crippen LogP contribution in [0.25, 0.3) is 0 Å². The van der Waals surface area contributed by atoms with Gasteiger partial charge in [-0.3, -0.25) is 4.79 Å². The molecule has 2 heterocycles. The molecular weight excluding hydrogens is 220 g/mol. The Labute approximate surface area is 99.5 Å². The monoisotopic (exact) mass is 236 g/mol. The average Bonchev–Trinajstić information content (AvgIpc) is 2.75. The van der Waals surface area contributed by atoms with Gasteiger partial charge in [-0.15, -0.1) is 0 Å². The Morgan fingerprint density at radius 2 is 2.47 bits per heavy atom. The Morgan fingerprint density at radius 3 is 3.12 bits per heavy atom. The van der Waals surface area contributed by atoms with Gasteiger partial charge in [0.25, 0.3) is 5.91 Å². The summed E-state index contributed by atoms with van der Waals surface area (Å²) in [7, 11) is 0. The quantitative estimate of drug-likeness (QED) is 0.518. The Morgan fingerprint density at radius 1 is 1.65 bits per heavy atom. The van der Waals surface area contributed by atoms with E-state index in [1.54, 1.807) is 18.3 Å². The molecule has 1 saturated heterocycles. The second kappa shape index (κ2) is 5.11. The fraction of sp³-hybridized carbons (Fsp3) is 0.455. The first-order chi connectivity index (χ1) is 8.22. The van der Waals surface area contributed by atoms with E-state index < -0.39 is 0 Å². The number of nitrogens with two attached hydrogens (primary N) is 1. The van der Waals surface area contributed by atoms with Crippen molar-refractivity contribution in [1.29, 1.82) is 0 Å². The second-order valence-corrected chi connectivity index (χ2v) is 3.99. The molecule has 2 unspecified atom stereocenters. The number of nitrogens with one attached hydrogen (secondary N) is 2. The summed E-state index contributed by atoms with van der Waals surface area (Å²) in [4.78, 5) is 16.0. The molecule has 0 bridgehead atoms. The van der Waals surface area contributed by atoms with Crippen molar-refractivity contribution in [3.05, 3.63) is 23.9 Å². The van der Waals surface area contributed by atoms with E-state index in [9.17, 15) is 4.79 Å². The molecular formula is C11H16N4O2. The summed E-state index contributed by atoms with van der Waals surface area (Å²) < 4.78 is 5.39. The van der Waals surface area contributed by atoms with Crippen molar-refractivity contribution in [3.8, 4) is 0 Å². The van der Waals surface area contributed by atoms with Crippen LogP contribution < -0.4 is 16.6 Å². The standard InChI is InChI=1S/C11H16N4O2/c1-7-9(4-6-17-7)14-11(16)8-3-2-5-13-10(8)15-12/h2-3,5,7,9H,4,6,12H2,1H3,(H,13,15)(H,14,16). The van der Waals surface area contributed by atoms with Crippen LogP contribution in [0, 0.1) is 0 Å². The first kappa shape index (κ1) is 11.8. The highest BCUT2D eigenvalue weighted by molar-refractivity contribution is 5.98. The van der Waals surface area contributed by atoms with Crippen LogP contribution in [0.1, 0.15) is 23.7 Å². The Balaban J connectivity index is 2.09. The van der Waals surface area contributed by atoms with E-state index in [1.165, 1.54) is 0 Å². The van der Waals surface area contributed by atoms with Gasteiger partial charge < -0.3 is 15.5 Å². The molecule has 1 fully saturated rings. The number of pyridine rings is 1. The molecule has 0 spiro atoms. The molecule has 1 aliphatic rings. The minimum atomic E-state index is -0.187. The molecule has 1 aromatic heterocycles. The lowest BCUT2D eigenvalue weighted by Gasteiger charge is -2.16. The van der Waals surface area contributed by atoms with E-state index in [4.69, 9.17) is 10.6 Å². The number of hydrazine groups is 1. The Bertz CT molecular complexity index is 410. The summed E-state index contributed by atoms with van der Waals surface area (Å²) in [5.41, 5.74) is 2.85. The first-order valence-electron chi connectivity index (χ1n) is 5.56. The van der Waals surface area contributed by atoms with E-state index >= 15 is 0 Å². The van der Waals surface area contributed by atoms with Crippen LogP contribution in [-0.4, -0.2) is 29.6 Å². The summed E-state index contributed by atoms with van der Waals surface area (Å²) in [5.74, 6) is 5.49. The molecule has 6 heteroatoms. The number of nitrogen functional groups attached to an aromatic ring is 1. The maximum Gasteiger partial charge on any atom is 0.255 e. The van der Waals surface area contributed by atoms with Crippen molar-refractivity contribution < 1.29 is 9.53 Å². The Kier molecular flexibility index (Phi) is 3.55. The lowest BCUT2D eigenvalue weighted by Crippen LogP contribution is -2.39. The van der Waals surface area contributed by atoms with Crippen LogP contribution in [0.5, 0.6) is 0 Å². The second-order valence-electron chi connectivity index (χ2n) is 3.99. The number of carbonyl (C=O) groups is 1. The van der Waals surface area contributed by atoms with Gasteiger partial charge in [0.1, 0.15) is 0 Å². The van der Waals surface area contributed by atoms with Crippen molar-refractivity contribution >= 4 is 11.7 Å². The number of carbonyl (C=O) groups excluding carboxylic acids is 1. The van der Waals surface area contributed by atoms with Gasteiger partial charge in [0, 0.05) is 12.8 Å². The molecule has 0 saturated carbocycles. The minimum Gasteiger partial charge on any atom is -0.376 e. The van der Waals surface area contributed by atoms with Gasteiger partial charge >= 0.3 is 0 Å². The largest absolute Gasteiger partial charge is 0.376 e. The highest BCUT2D eigenvalue weighted by Gasteiger charge is 2.26. The van der Waals surface area contributed by atoms with Crippen LogP contribution in [0.4, 0.5) is 5.82 Å². The van der Waals surface area contributed by atoms with E-state index in [-0.39, 0.29) is 18.1 Å². The van der Waals surface area contributed by atoms with Crippen LogP contribution in [-0.2, 0) is 4.74 Å². The molecule has 6 nitrogen and oxygen atoms in total. The summed E-state index contributed by atoms with van der Waals surface area (Å²) in [6.07, 6.45) is 2.45. The lowest BCUT2D eigenvalue weighted by molar-refractivity contribution is 0.0866. The summed E-state index contributed by atoms with van der Waals surface area (Å²) in [6.45, 7) is 2.63. The Hall–Kier alpha value is -1.66. The van der Waals surface area contributed by atoms with Crippen LogP contribution >= 0.6 is 0 Å². The third-order valence-corrected chi connectivity index (χ3v) is 2.88. The number of aromatic nitrogens is 1. The number of hydrogen-bond acceptors (Lipinski definition) is 5. The number of nitrogens with zero attached hydrogens (tertiary/aromatic N) is 1. The number of rotatable bonds is 3. The molecule has 0 aromatic carbocycles. The van der Waals surface area contributed by atoms with Gasteiger partial charge in [-0.1, -0.05) is 0 Å². The zero-order chi connectivity index (χ0) is 12.3. The fourth-order valence-corrected chi connectivity index (χ4v) is 1.87. The molecule has 2 atom stereocenters. The van der Waals surface area contributed by atoms with Gasteiger partial charge in [-0.2, -0.15) is 0 Å². The minimum absolute atomic E-state index is 0.0462. The molecule has 92 valence electrons. The van der Waals surface area contributed by atoms with E-state index in [2.05, 4.69) is 15.7 Å². The van der Waals surface area contributed by atoms with Crippen molar-refractivity contribution in [2.24, 2.45) is 5.84 Å². The summed E-state index contributed by atoms with van der Waals surface area (Å²) in [6, 6.07) is 3.43. The predicted molar refractivity (Wildman–Crippen MR) is 63.3 cm³/mol. The van der Waals surface area contributed by atoms with Crippen molar-refractivity contribution in [1.82, 2.24) is 10.3 Å². The number of hydrogen-bond donors (Lipinski definition) is 3. The number of ether oxygens (including phenoxy) is 1. The highest BCUT2D eigenvalue weighted by atomic mass is 16.5. The van der Waals surface area contributed by atoms with Gasteiger partial charge in [0.15, 0.2) is 5.82 Å². The zero-order valence-electron chi connectivity index (χ0n) is 9.64. The number of amides is 1. The van der Waals surface area contributed by atoms with Crippen LogP contribution in [0.3, 0.4) is 0 Å². The molecule has 1 aliphatic heterocycles. The van der Waals surface area contributed by atoms with Crippen molar-refractivity contribution in [3.63, 3.8) is 0 Å². The molecule has 17 heavy (non-hydrogen) atoms. The van der Waals surface area contributed by atoms with E-state index in [1.807, 2.05) is 6.92 Å². The average molecular weight is 236 g/mol. The maximum atomic E-state index is 12.0. The smallest absolute Gasteiger partial charge is 0.255 e. The van der Waals surface area contributed by atoms with Crippen LogP contribution in [0.2, 0.25) is 0 Å². The third-order valence-electron chi connectivity index (χ3n) is 2.88. The molecule has 2 rings (SSSR count). The highest BCUT2D eigenvalue weighted by Crippen LogP contribution is 2.15. The normalized spacial score (nSPS) is 23.4. The molecule has 1 amide bonds. The van der Waals surface area contributed by atoms with Crippen LogP contribution in [0.15, 0.2) is 18.3 Å². The first-order valence-corrected chi connectivity index (χ1v) is 5.56. The van der Waals surface area contributed by atoms with Crippen molar-refractivity contribution in [2.75, 3.05) is 12.0 Å². The molecule has 0 radical (unpaired) electrons. The predicted octanol–water partition coefficient (Wildman–Crippen LogP) is 0.274.